The number of halogens is 1. The summed E-state index contributed by atoms with van der Waals surface area (Å²) >= 11 is 5.97. The summed E-state index contributed by atoms with van der Waals surface area (Å²) in [5, 5.41) is 0.408. The van der Waals surface area contributed by atoms with E-state index in [9.17, 15) is 4.79 Å². The second-order valence-corrected chi connectivity index (χ2v) is 6.41. The summed E-state index contributed by atoms with van der Waals surface area (Å²) in [4.78, 5) is 11.1. The van der Waals surface area contributed by atoms with E-state index in [1.165, 1.54) is 5.56 Å². The zero-order chi connectivity index (χ0) is 15.5. The molecule has 2 nitrogen and oxygen atoms in total. The Bertz CT molecular complexity index is 625. The molecule has 0 aromatic heterocycles. The molecular formula is C18H19ClO2. The molecule has 110 valence electrons. The van der Waals surface area contributed by atoms with Crippen LogP contribution in [0.1, 0.15) is 42.3 Å². The lowest BCUT2D eigenvalue weighted by molar-refractivity contribution is 0.111. The van der Waals surface area contributed by atoms with Crippen LogP contribution >= 0.6 is 11.6 Å². The van der Waals surface area contributed by atoms with E-state index < -0.39 is 0 Å². The van der Waals surface area contributed by atoms with Crippen molar-refractivity contribution in [3.8, 4) is 5.75 Å². The van der Waals surface area contributed by atoms with Crippen molar-refractivity contribution >= 4 is 17.9 Å². The van der Waals surface area contributed by atoms with Gasteiger partial charge in [-0.05, 0) is 28.7 Å². The van der Waals surface area contributed by atoms with Crippen LogP contribution in [0.25, 0.3) is 0 Å². The molecule has 0 atom stereocenters. The molecule has 0 bridgehead atoms. The van der Waals surface area contributed by atoms with Crippen LogP contribution in [0.5, 0.6) is 5.75 Å². The van der Waals surface area contributed by atoms with E-state index in [-0.39, 0.29) is 5.41 Å². The van der Waals surface area contributed by atoms with Crippen molar-refractivity contribution in [2.45, 2.75) is 32.8 Å². The Morgan fingerprint density at radius 3 is 2.33 bits per heavy atom. The Morgan fingerprint density at radius 2 is 1.76 bits per heavy atom. The molecule has 0 fully saturated rings. The van der Waals surface area contributed by atoms with Gasteiger partial charge in [-0.1, -0.05) is 62.7 Å². The molecule has 2 aromatic carbocycles. The molecule has 0 aliphatic heterocycles. The summed E-state index contributed by atoms with van der Waals surface area (Å²) in [6.07, 6.45) is 0.723. The number of carbonyl (C=O) groups is 1. The summed E-state index contributed by atoms with van der Waals surface area (Å²) in [6, 6.07) is 13.5. The lowest BCUT2D eigenvalue weighted by atomic mass is 9.87. The van der Waals surface area contributed by atoms with Crippen LogP contribution < -0.4 is 4.74 Å². The quantitative estimate of drug-likeness (QED) is 0.740. The molecule has 0 aliphatic carbocycles. The molecule has 2 aromatic rings. The summed E-state index contributed by atoms with van der Waals surface area (Å²) < 4.78 is 5.70. The Balaban J connectivity index is 2.10. The second kappa shape index (κ2) is 6.31. The molecule has 0 N–H and O–H groups in total. The van der Waals surface area contributed by atoms with Gasteiger partial charge in [-0.25, -0.2) is 0 Å². The summed E-state index contributed by atoms with van der Waals surface area (Å²) in [6.45, 7) is 6.95. The first-order valence-electron chi connectivity index (χ1n) is 6.88. The van der Waals surface area contributed by atoms with Gasteiger partial charge in [0.05, 0.1) is 10.6 Å². The standard InChI is InChI=1S/C18H19ClO2/c1-18(2,3)14-9-7-13(8-10-14)12-21-17-6-4-5-16(19)15(17)11-20/h4-11H,12H2,1-3H3. The van der Waals surface area contributed by atoms with Crippen LogP contribution in [-0.4, -0.2) is 6.29 Å². The van der Waals surface area contributed by atoms with Gasteiger partial charge in [-0.3, -0.25) is 4.79 Å². The fraction of sp³-hybridized carbons (Fsp3) is 0.278. The van der Waals surface area contributed by atoms with Gasteiger partial charge >= 0.3 is 0 Å². The minimum atomic E-state index is 0.136. The number of hydrogen-bond donors (Lipinski definition) is 0. The van der Waals surface area contributed by atoms with Gasteiger partial charge in [0.2, 0.25) is 0 Å². The normalized spacial score (nSPS) is 11.2. The van der Waals surface area contributed by atoms with Gasteiger partial charge in [0.15, 0.2) is 6.29 Å². The first-order chi connectivity index (χ1) is 9.91. The van der Waals surface area contributed by atoms with Crippen molar-refractivity contribution in [1.29, 1.82) is 0 Å². The van der Waals surface area contributed by atoms with E-state index in [1.807, 2.05) is 12.1 Å². The fourth-order valence-corrected chi connectivity index (χ4v) is 2.23. The molecule has 0 saturated carbocycles. The van der Waals surface area contributed by atoms with Gasteiger partial charge in [0, 0.05) is 0 Å². The topological polar surface area (TPSA) is 26.3 Å². The van der Waals surface area contributed by atoms with E-state index in [0.29, 0.717) is 22.9 Å². The lowest BCUT2D eigenvalue weighted by Crippen LogP contribution is -2.10. The van der Waals surface area contributed by atoms with Gasteiger partial charge in [0.1, 0.15) is 12.4 Å². The van der Waals surface area contributed by atoms with Crippen LogP contribution in [0, 0.1) is 0 Å². The molecule has 21 heavy (non-hydrogen) atoms. The maximum Gasteiger partial charge on any atom is 0.155 e. The first kappa shape index (κ1) is 15.6. The van der Waals surface area contributed by atoms with E-state index >= 15 is 0 Å². The number of aldehydes is 1. The third-order valence-electron chi connectivity index (χ3n) is 3.35. The molecule has 0 saturated heterocycles. The number of ether oxygens (including phenoxy) is 1. The average molecular weight is 303 g/mol. The lowest BCUT2D eigenvalue weighted by Gasteiger charge is -2.19. The largest absolute Gasteiger partial charge is 0.488 e. The van der Waals surface area contributed by atoms with Gasteiger partial charge in [-0.2, -0.15) is 0 Å². The maximum absolute atomic E-state index is 11.1. The molecular weight excluding hydrogens is 284 g/mol. The molecule has 0 unspecified atom stereocenters. The highest BCUT2D eigenvalue weighted by molar-refractivity contribution is 6.33. The molecule has 0 amide bonds. The zero-order valence-corrected chi connectivity index (χ0v) is 13.3. The summed E-state index contributed by atoms with van der Waals surface area (Å²) in [5.74, 6) is 0.511. The van der Waals surface area contributed by atoms with E-state index in [4.69, 9.17) is 16.3 Å². The number of rotatable bonds is 4. The minimum Gasteiger partial charge on any atom is -0.488 e. The minimum absolute atomic E-state index is 0.136. The van der Waals surface area contributed by atoms with Crippen molar-refractivity contribution in [2.24, 2.45) is 0 Å². The van der Waals surface area contributed by atoms with E-state index in [1.54, 1.807) is 18.2 Å². The summed E-state index contributed by atoms with van der Waals surface area (Å²) in [7, 11) is 0. The van der Waals surface area contributed by atoms with Crippen molar-refractivity contribution in [1.82, 2.24) is 0 Å². The highest BCUT2D eigenvalue weighted by atomic mass is 35.5. The number of carbonyl (C=O) groups excluding carboxylic acids is 1. The van der Waals surface area contributed by atoms with E-state index in [0.717, 1.165) is 11.8 Å². The Kier molecular flexibility index (Phi) is 4.69. The highest BCUT2D eigenvalue weighted by Gasteiger charge is 2.13. The van der Waals surface area contributed by atoms with Crippen LogP contribution in [0.15, 0.2) is 42.5 Å². The van der Waals surface area contributed by atoms with Crippen LogP contribution in [-0.2, 0) is 12.0 Å². The fourth-order valence-electron chi connectivity index (χ4n) is 2.02. The molecule has 0 heterocycles. The first-order valence-corrected chi connectivity index (χ1v) is 7.25. The van der Waals surface area contributed by atoms with Gasteiger partial charge < -0.3 is 4.74 Å². The third kappa shape index (κ3) is 3.85. The van der Waals surface area contributed by atoms with Gasteiger partial charge in [-0.15, -0.1) is 0 Å². The SMILES string of the molecule is CC(C)(C)c1ccc(COc2cccc(Cl)c2C=O)cc1. The van der Waals surface area contributed by atoms with Crippen LogP contribution in [0.2, 0.25) is 5.02 Å². The molecule has 3 heteroatoms. The molecule has 0 spiro atoms. The van der Waals surface area contributed by atoms with Crippen molar-refractivity contribution < 1.29 is 9.53 Å². The van der Waals surface area contributed by atoms with Gasteiger partial charge in [0.25, 0.3) is 0 Å². The molecule has 0 radical (unpaired) electrons. The molecule has 2 rings (SSSR count). The third-order valence-corrected chi connectivity index (χ3v) is 3.67. The number of benzene rings is 2. The Labute approximate surface area is 130 Å². The highest BCUT2D eigenvalue weighted by Crippen LogP contribution is 2.26. The second-order valence-electron chi connectivity index (χ2n) is 6.01. The van der Waals surface area contributed by atoms with Crippen LogP contribution in [0.4, 0.5) is 0 Å². The van der Waals surface area contributed by atoms with E-state index in [2.05, 4.69) is 32.9 Å². The van der Waals surface area contributed by atoms with Crippen molar-refractivity contribution in [3.05, 3.63) is 64.2 Å². The smallest absolute Gasteiger partial charge is 0.155 e. The molecule has 0 aliphatic rings. The summed E-state index contributed by atoms with van der Waals surface area (Å²) in [5.41, 5.74) is 2.87. The zero-order valence-electron chi connectivity index (χ0n) is 12.5. The predicted octanol–water partition coefficient (Wildman–Crippen LogP) is 5.03. The monoisotopic (exact) mass is 302 g/mol. The number of hydrogen-bond acceptors (Lipinski definition) is 2. The van der Waals surface area contributed by atoms with Crippen LogP contribution in [0.3, 0.4) is 0 Å². The van der Waals surface area contributed by atoms with Crippen molar-refractivity contribution in [3.63, 3.8) is 0 Å². The maximum atomic E-state index is 11.1. The Hall–Kier alpha value is -1.80. The van der Waals surface area contributed by atoms with Crippen molar-refractivity contribution in [2.75, 3.05) is 0 Å². The predicted molar refractivity (Wildman–Crippen MR) is 86.3 cm³/mol. The average Bonchev–Trinajstić information content (AvgIpc) is 2.44. The Morgan fingerprint density at radius 1 is 1.10 bits per heavy atom.